The Hall–Kier alpha value is -1.73. The average molecular weight is 274 g/mol. The lowest BCUT2D eigenvalue weighted by Crippen LogP contribution is -2.42. The molecule has 0 spiro atoms. The van der Waals surface area contributed by atoms with Crippen LogP contribution < -0.4 is 15.2 Å². The molecule has 2 rings (SSSR count). The van der Waals surface area contributed by atoms with Gasteiger partial charge in [-0.1, -0.05) is 12.5 Å². The van der Waals surface area contributed by atoms with Gasteiger partial charge in [0.2, 0.25) is 0 Å². The van der Waals surface area contributed by atoms with Crippen molar-refractivity contribution in [2.24, 2.45) is 11.7 Å². The van der Waals surface area contributed by atoms with Crippen LogP contribution in [0.3, 0.4) is 0 Å². The fourth-order valence-electron chi connectivity index (χ4n) is 2.86. The summed E-state index contributed by atoms with van der Waals surface area (Å²) in [7, 11) is 1.64. The standard InChI is InChI=1S/C16H22N2O2/c1-12-5-6-14(15(10-12)19-2)20-9-7-13-4-3-8-16(13,18)11-17/h5-6,10,13H,3-4,7-9,18H2,1-2H3. The zero-order chi connectivity index (χ0) is 14.6. The Balaban J connectivity index is 1.92. The van der Waals surface area contributed by atoms with Gasteiger partial charge in [0, 0.05) is 0 Å². The molecule has 2 N–H and O–H groups in total. The highest BCUT2D eigenvalue weighted by atomic mass is 16.5. The van der Waals surface area contributed by atoms with Crippen LogP contribution in [0.25, 0.3) is 0 Å². The number of hydrogen-bond donors (Lipinski definition) is 1. The second kappa shape index (κ2) is 6.15. The van der Waals surface area contributed by atoms with Crippen LogP contribution >= 0.6 is 0 Å². The summed E-state index contributed by atoms with van der Waals surface area (Å²) < 4.78 is 11.1. The van der Waals surface area contributed by atoms with Gasteiger partial charge in [0.05, 0.1) is 19.8 Å². The van der Waals surface area contributed by atoms with Crippen molar-refractivity contribution in [2.75, 3.05) is 13.7 Å². The van der Waals surface area contributed by atoms with Gasteiger partial charge in [-0.25, -0.2) is 0 Å². The van der Waals surface area contributed by atoms with Crippen LogP contribution in [-0.2, 0) is 0 Å². The number of rotatable bonds is 5. The largest absolute Gasteiger partial charge is 0.493 e. The minimum Gasteiger partial charge on any atom is -0.493 e. The summed E-state index contributed by atoms with van der Waals surface area (Å²) >= 11 is 0. The zero-order valence-corrected chi connectivity index (χ0v) is 12.2. The first kappa shape index (κ1) is 14.7. The van der Waals surface area contributed by atoms with E-state index in [-0.39, 0.29) is 5.92 Å². The van der Waals surface area contributed by atoms with Gasteiger partial charge in [0.15, 0.2) is 11.5 Å². The molecule has 0 aromatic heterocycles. The van der Waals surface area contributed by atoms with Crippen molar-refractivity contribution in [1.29, 1.82) is 5.26 Å². The molecule has 1 aliphatic carbocycles. The molecule has 0 radical (unpaired) electrons. The SMILES string of the molecule is COc1cc(C)ccc1OCCC1CCCC1(N)C#N. The molecule has 4 nitrogen and oxygen atoms in total. The summed E-state index contributed by atoms with van der Waals surface area (Å²) in [4.78, 5) is 0. The minimum absolute atomic E-state index is 0.226. The number of hydrogen-bond acceptors (Lipinski definition) is 4. The quantitative estimate of drug-likeness (QED) is 0.896. The molecule has 1 aromatic rings. The molecule has 1 saturated carbocycles. The second-order valence-electron chi connectivity index (χ2n) is 5.53. The number of aryl methyl sites for hydroxylation is 1. The second-order valence-corrected chi connectivity index (χ2v) is 5.53. The van der Waals surface area contributed by atoms with Crippen LogP contribution in [0.2, 0.25) is 0 Å². The third-order valence-electron chi connectivity index (χ3n) is 4.12. The Morgan fingerprint density at radius 3 is 2.95 bits per heavy atom. The first-order chi connectivity index (χ1) is 9.59. The van der Waals surface area contributed by atoms with Crippen molar-refractivity contribution in [3.05, 3.63) is 23.8 Å². The molecule has 0 amide bonds. The van der Waals surface area contributed by atoms with E-state index >= 15 is 0 Å². The molecular formula is C16H22N2O2. The maximum absolute atomic E-state index is 9.19. The van der Waals surface area contributed by atoms with E-state index in [1.165, 1.54) is 0 Å². The first-order valence-electron chi connectivity index (χ1n) is 7.06. The van der Waals surface area contributed by atoms with E-state index in [2.05, 4.69) is 6.07 Å². The van der Waals surface area contributed by atoms with Crippen molar-refractivity contribution in [3.8, 4) is 17.6 Å². The monoisotopic (exact) mass is 274 g/mol. The van der Waals surface area contributed by atoms with Gasteiger partial charge in [-0.05, 0) is 49.8 Å². The maximum Gasteiger partial charge on any atom is 0.161 e. The number of nitriles is 1. The predicted molar refractivity (Wildman–Crippen MR) is 77.7 cm³/mol. The van der Waals surface area contributed by atoms with E-state index in [9.17, 15) is 5.26 Å². The van der Waals surface area contributed by atoms with Crippen LogP contribution in [0.5, 0.6) is 11.5 Å². The van der Waals surface area contributed by atoms with Crippen molar-refractivity contribution in [1.82, 2.24) is 0 Å². The van der Waals surface area contributed by atoms with Gasteiger partial charge < -0.3 is 15.2 Å². The molecule has 4 heteroatoms. The maximum atomic E-state index is 9.19. The van der Waals surface area contributed by atoms with E-state index in [1.807, 2.05) is 25.1 Å². The molecule has 2 atom stereocenters. The molecule has 1 aromatic carbocycles. The lowest BCUT2D eigenvalue weighted by atomic mass is 9.87. The van der Waals surface area contributed by atoms with Crippen molar-refractivity contribution in [2.45, 2.75) is 38.1 Å². The highest BCUT2D eigenvalue weighted by molar-refractivity contribution is 5.42. The molecular weight excluding hydrogens is 252 g/mol. The Morgan fingerprint density at radius 2 is 2.25 bits per heavy atom. The topological polar surface area (TPSA) is 68.3 Å². The summed E-state index contributed by atoms with van der Waals surface area (Å²) in [6, 6.07) is 8.13. The zero-order valence-electron chi connectivity index (χ0n) is 12.2. The van der Waals surface area contributed by atoms with E-state index in [0.717, 1.165) is 42.7 Å². The Morgan fingerprint density at radius 1 is 1.45 bits per heavy atom. The lowest BCUT2D eigenvalue weighted by Gasteiger charge is -2.23. The number of nitrogens with two attached hydrogens (primary N) is 1. The van der Waals surface area contributed by atoms with E-state index in [4.69, 9.17) is 15.2 Å². The van der Waals surface area contributed by atoms with Crippen LogP contribution in [-0.4, -0.2) is 19.3 Å². The molecule has 1 fully saturated rings. The summed E-state index contributed by atoms with van der Waals surface area (Å²) in [5, 5.41) is 9.19. The van der Waals surface area contributed by atoms with Crippen molar-refractivity contribution in [3.63, 3.8) is 0 Å². The fraction of sp³-hybridized carbons (Fsp3) is 0.562. The number of nitrogens with zero attached hydrogens (tertiary/aromatic N) is 1. The van der Waals surface area contributed by atoms with Gasteiger partial charge in [0.25, 0.3) is 0 Å². The molecule has 2 unspecified atom stereocenters. The molecule has 0 bridgehead atoms. The lowest BCUT2D eigenvalue weighted by molar-refractivity contribution is 0.245. The summed E-state index contributed by atoms with van der Waals surface area (Å²) in [6.07, 6.45) is 3.64. The summed E-state index contributed by atoms with van der Waals surface area (Å²) in [5.41, 5.74) is 6.59. The first-order valence-corrected chi connectivity index (χ1v) is 7.06. The molecule has 0 saturated heterocycles. The van der Waals surface area contributed by atoms with Crippen LogP contribution in [0.1, 0.15) is 31.2 Å². The van der Waals surface area contributed by atoms with E-state index in [0.29, 0.717) is 6.61 Å². The van der Waals surface area contributed by atoms with Crippen molar-refractivity contribution < 1.29 is 9.47 Å². The Bertz CT molecular complexity index is 510. The van der Waals surface area contributed by atoms with Gasteiger partial charge in [-0.3, -0.25) is 0 Å². The smallest absolute Gasteiger partial charge is 0.161 e. The fourth-order valence-corrected chi connectivity index (χ4v) is 2.86. The number of methoxy groups -OCH3 is 1. The van der Waals surface area contributed by atoms with Gasteiger partial charge in [-0.2, -0.15) is 5.26 Å². The number of benzene rings is 1. The Kier molecular flexibility index (Phi) is 4.51. The average Bonchev–Trinajstić information content (AvgIpc) is 2.82. The minimum atomic E-state index is -0.666. The molecule has 0 heterocycles. The Labute approximate surface area is 120 Å². The molecule has 20 heavy (non-hydrogen) atoms. The molecule has 108 valence electrons. The normalized spacial score (nSPS) is 25.2. The highest BCUT2D eigenvalue weighted by Gasteiger charge is 2.39. The molecule has 1 aliphatic rings. The number of ether oxygens (including phenoxy) is 2. The van der Waals surface area contributed by atoms with E-state index < -0.39 is 5.54 Å². The van der Waals surface area contributed by atoms with Gasteiger partial charge in [-0.15, -0.1) is 0 Å². The van der Waals surface area contributed by atoms with Crippen LogP contribution in [0.4, 0.5) is 0 Å². The summed E-state index contributed by atoms with van der Waals surface area (Å²) in [5.74, 6) is 1.72. The van der Waals surface area contributed by atoms with Gasteiger partial charge >= 0.3 is 0 Å². The van der Waals surface area contributed by atoms with Gasteiger partial charge in [0.1, 0.15) is 5.54 Å². The third kappa shape index (κ3) is 3.05. The van der Waals surface area contributed by atoms with Crippen molar-refractivity contribution >= 4 is 0 Å². The van der Waals surface area contributed by atoms with Crippen LogP contribution in [0.15, 0.2) is 18.2 Å². The van der Waals surface area contributed by atoms with E-state index in [1.54, 1.807) is 7.11 Å². The molecule has 0 aliphatic heterocycles. The predicted octanol–water partition coefficient (Wildman–Crippen LogP) is 2.79. The summed E-state index contributed by atoms with van der Waals surface area (Å²) in [6.45, 7) is 2.57. The highest BCUT2D eigenvalue weighted by Crippen LogP contribution is 2.36. The van der Waals surface area contributed by atoms with Crippen LogP contribution in [0, 0.1) is 24.2 Å². The third-order valence-corrected chi connectivity index (χ3v) is 4.12.